The molecule has 0 unspecified atom stereocenters. The van der Waals surface area contributed by atoms with E-state index in [1.165, 1.54) is 0 Å². The predicted molar refractivity (Wildman–Crippen MR) is 106 cm³/mol. The van der Waals surface area contributed by atoms with Crippen LogP contribution in [0.2, 0.25) is 0 Å². The number of hydrogen-bond acceptors (Lipinski definition) is 5. The highest BCUT2D eigenvalue weighted by Gasteiger charge is 2.09. The second-order valence-corrected chi connectivity index (χ2v) is 6.30. The fourth-order valence-corrected chi connectivity index (χ4v) is 2.95. The summed E-state index contributed by atoms with van der Waals surface area (Å²) >= 11 is 0. The molecule has 0 saturated carbocycles. The van der Waals surface area contributed by atoms with Crippen LogP contribution in [0.3, 0.4) is 0 Å². The summed E-state index contributed by atoms with van der Waals surface area (Å²) in [5.74, 6) is 1.25. The summed E-state index contributed by atoms with van der Waals surface area (Å²) in [5.41, 5.74) is 2.96. The number of nitrogens with zero attached hydrogens (tertiary/aromatic N) is 2. The molecule has 0 aliphatic carbocycles. The fourth-order valence-electron chi connectivity index (χ4n) is 2.95. The number of ether oxygens (including phenoxy) is 1. The Labute approximate surface area is 158 Å². The van der Waals surface area contributed by atoms with Gasteiger partial charge in [-0.15, -0.1) is 0 Å². The number of fused-ring (bicyclic) bond motifs is 1. The van der Waals surface area contributed by atoms with E-state index in [9.17, 15) is 4.79 Å². The summed E-state index contributed by atoms with van der Waals surface area (Å²) in [6.07, 6.45) is 0. The number of hydrogen-bond donors (Lipinski definition) is 2. The summed E-state index contributed by atoms with van der Waals surface area (Å²) in [6.45, 7) is 7.41. The van der Waals surface area contributed by atoms with E-state index in [0.29, 0.717) is 12.2 Å². The van der Waals surface area contributed by atoms with Crippen molar-refractivity contribution in [2.45, 2.75) is 13.8 Å². The van der Waals surface area contributed by atoms with Gasteiger partial charge in [-0.2, -0.15) is 0 Å². The van der Waals surface area contributed by atoms with Crippen molar-refractivity contribution >= 4 is 16.8 Å². The molecule has 0 spiro atoms. The first kappa shape index (κ1) is 19.1. The SMILES string of the molecule is CCN(CC)CCOc1ccc(-c2nc3ccc(C(=O)CO)cc3[nH]2)cc1. The zero-order valence-corrected chi connectivity index (χ0v) is 15.7. The molecule has 0 radical (unpaired) electrons. The Kier molecular flexibility index (Phi) is 6.21. The Morgan fingerprint density at radius 2 is 1.89 bits per heavy atom. The number of aromatic nitrogens is 2. The Morgan fingerprint density at radius 3 is 2.56 bits per heavy atom. The number of benzene rings is 2. The standard InChI is InChI=1S/C21H25N3O3/c1-3-24(4-2)11-12-27-17-8-5-15(6-9-17)21-22-18-10-7-16(20(26)14-25)13-19(18)23-21/h5-10,13,25H,3-4,11-12,14H2,1-2H3,(H,22,23). The summed E-state index contributed by atoms with van der Waals surface area (Å²) in [4.78, 5) is 21.8. The van der Waals surface area contributed by atoms with E-state index in [1.807, 2.05) is 24.3 Å². The van der Waals surface area contributed by atoms with Gasteiger partial charge in [0.1, 0.15) is 24.8 Å². The minimum absolute atomic E-state index is 0.306. The molecular formula is C21H25N3O3. The molecule has 1 heterocycles. The molecule has 2 N–H and O–H groups in total. The maximum absolute atomic E-state index is 11.6. The number of carbonyl (C=O) groups is 1. The van der Waals surface area contributed by atoms with E-state index >= 15 is 0 Å². The van der Waals surface area contributed by atoms with Crippen molar-refractivity contribution in [1.82, 2.24) is 14.9 Å². The van der Waals surface area contributed by atoms with Gasteiger partial charge in [-0.3, -0.25) is 4.79 Å². The van der Waals surface area contributed by atoms with Crippen molar-refractivity contribution in [2.75, 3.05) is 32.8 Å². The quantitative estimate of drug-likeness (QED) is 0.568. The van der Waals surface area contributed by atoms with Crippen LogP contribution in [-0.2, 0) is 0 Å². The number of carbonyl (C=O) groups excluding carboxylic acids is 1. The largest absolute Gasteiger partial charge is 0.492 e. The number of aliphatic hydroxyl groups is 1. The number of ketones is 1. The zero-order valence-electron chi connectivity index (χ0n) is 15.7. The highest BCUT2D eigenvalue weighted by molar-refractivity contribution is 5.99. The van der Waals surface area contributed by atoms with Crippen molar-refractivity contribution in [1.29, 1.82) is 0 Å². The van der Waals surface area contributed by atoms with E-state index in [4.69, 9.17) is 9.84 Å². The number of aromatic amines is 1. The topological polar surface area (TPSA) is 78.4 Å². The smallest absolute Gasteiger partial charge is 0.188 e. The number of nitrogens with one attached hydrogen (secondary N) is 1. The van der Waals surface area contributed by atoms with E-state index in [0.717, 1.165) is 47.8 Å². The normalized spacial score (nSPS) is 11.3. The summed E-state index contributed by atoms with van der Waals surface area (Å²) in [6, 6.07) is 13.0. The van der Waals surface area contributed by atoms with Crippen LogP contribution in [0.15, 0.2) is 42.5 Å². The van der Waals surface area contributed by atoms with E-state index in [1.54, 1.807) is 18.2 Å². The predicted octanol–water partition coefficient (Wildman–Crippen LogP) is 3.13. The molecule has 1 aromatic heterocycles. The van der Waals surface area contributed by atoms with Gasteiger partial charge in [0.25, 0.3) is 0 Å². The molecular weight excluding hydrogens is 342 g/mol. The van der Waals surface area contributed by atoms with Gasteiger partial charge in [0.15, 0.2) is 5.78 Å². The minimum atomic E-state index is -0.498. The van der Waals surface area contributed by atoms with Crippen molar-refractivity contribution in [3.8, 4) is 17.1 Å². The Bertz CT molecular complexity index is 899. The van der Waals surface area contributed by atoms with E-state index < -0.39 is 6.61 Å². The van der Waals surface area contributed by atoms with Crippen LogP contribution in [0.25, 0.3) is 22.4 Å². The van der Waals surface area contributed by atoms with Crippen LogP contribution < -0.4 is 4.74 Å². The molecule has 2 aromatic carbocycles. The lowest BCUT2D eigenvalue weighted by atomic mass is 10.1. The molecule has 6 heteroatoms. The average Bonchev–Trinajstić information content (AvgIpc) is 3.14. The number of Topliss-reactive ketones (excluding diaryl/α,β-unsaturated/α-hetero) is 1. The maximum Gasteiger partial charge on any atom is 0.188 e. The van der Waals surface area contributed by atoms with Gasteiger partial charge >= 0.3 is 0 Å². The molecule has 0 atom stereocenters. The van der Waals surface area contributed by atoms with E-state index in [-0.39, 0.29) is 5.78 Å². The van der Waals surface area contributed by atoms with Crippen LogP contribution in [0, 0.1) is 0 Å². The third-order valence-electron chi connectivity index (χ3n) is 4.65. The molecule has 0 amide bonds. The average molecular weight is 367 g/mol. The first-order valence-corrected chi connectivity index (χ1v) is 9.24. The van der Waals surface area contributed by atoms with Gasteiger partial charge in [0, 0.05) is 17.7 Å². The molecule has 0 aliphatic rings. The monoisotopic (exact) mass is 367 g/mol. The van der Waals surface area contributed by atoms with Crippen LogP contribution in [0.1, 0.15) is 24.2 Å². The van der Waals surface area contributed by atoms with Crippen molar-refractivity contribution in [2.24, 2.45) is 0 Å². The van der Waals surface area contributed by atoms with Crippen molar-refractivity contribution in [3.05, 3.63) is 48.0 Å². The first-order chi connectivity index (χ1) is 13.1. The number of aliphatic hydroxyl groups excluding tert-OH is 1. The number of likely N-dealkylation sites (N-methyl/N-ethyl adjacent to an activating group) is 1. The molecule has 3 aromatic rings. The van der Waals surface area contributed by atoms with Gasteiger partial charge in [0.05, 0.1) is 11.0 Å². The second-order valence-electron chi connectivity index (χ2n) is 6.30. The number of rotatable bonds is 9. The molecule has 6 nitrogen and oxygen atoms in total. The number of H-pyrrole nitrogens is 1. The van der Waals surface area contributed by atoms with Crippen LogP contribution in [0.4, 0.5) is 0 Å². The molecule has 0 fully saturated rings. The maximum atomic E-state index is 11.6. The Balaban J connectivity index is 1.70. The lowest BCUT2D eigenvalue weighted by Crippen LogP contribution is -2.27. The first-order valence-electron chi connectivity index (χ1n) is 9.24. The third-order valence-corrected chi connectivity index (χ3v) is 4.65. The minimum Gasteiger partial charge on any atom is -0.492 e. The summed E-state index contributed by atoms with van der Waals surface area (Å²) in [5, 5.41) is 9.00. The molecule has 3 rings (SSSR count). The highest BCUT2D eigenvalue weighted by atomic mass is 16.5. The van der Waals surface area contributed by atoms with Crippen molar-refractivity contribution < 1.29 is 14.6 Å². The molecule has 0 aliphatic heterocycles. The molecule has 0 saturated heterocycles. The summed E-state index contributed by atoms with van der Waals surface area (Å²) < 4.78 is 5.81. The van der Waals surface area contributed by atoms with Crippen LogP contribution >= 0.6 is 0 Å². The Hall–Kier alpha value is -2.70. The second kappa shape index (κ2) is 8.79. The summed E-state index contributed by atoms with van der Waals surface area (Å²) in [7, 11) is 0. The molecule has 0 bridgehead atoms. The van der Waals surface area contributed by atoms with Crippen molar-refractivity contribution in [3.63, 3.8) is 0 Å². The van der Waals surface area contributed by atoms with Gasteiger partial charge in [0.2, 0.25) is 0 Å². The highest BCUT2D eigenvalue weighted by Crippen LogP contribution is 2.23. The van der Waals surface area contributed by atoms with Gasteiger partial charge in [-0.25, -0.2) is 4.98 Å². The molecule has 27 heavy (non-hydrogen) atoms. The van der Waals surface area contributed by atoms with Crippen LogP contribution in [0.5, 0.6) is 5.75 Å². The van der Waals surface area contributed by atoms with Gasteiger partial charge < -0.3 is 19.7 Å². The number of imidazole rings is 1. The van der Waals surface area contributed by atoms with E-state index in [2.05, 4.69) is 28.7 Å². The fraction of sp³-hybridized carbons (Fsp3) is 0.333. The Morgan fingerprint density at radius 1 is 1.15 bits per heavy atom. The third kappa shape index (κ3) is 4.53. The molecule has 142 valence electrons. The lowest BCUT2D eigenvalue weighted by molar-refractivity contribution is 0.0904. The lowest BCUT2D eigenvalue weighted by Gasteiger charge is -2.18. The van der Waals surface area contributed by atoms with Crippen LogP contribution in [-0.4, -0.2) is 58.6 Å². The zero-order chi connectivity index (χ0) is 19.2. The van der Waals surface area contributed by atoms with Gasteiger partial charge in [-0.1, -0.05) is 13.8 Å². The van der Waals surface area contributed by atoms with Gasteiger partial charge in [-0.05, 0) is 55.6 Å².